The van der Waals surface area contributed by atoms with Crippen LogP contribution in [-0.4, -0.2) is 51.3 Å². The smallest absolute Gasteiger partial charge is 0.0546 e. The van der Waals surface area contributed by atoms with Crippen molar-refractivity contribution in [2.75, 3.05) is 46.4 Å². The van der Waals surface area contributed by atoms with Crippen LogP contribution in [0.3, 0.4) is 0 Å². The van der Waals surface area contributed by atoms with E-state index in [1.165, 1.54) is 38.8 Å². The fourth-order valence-corrected chi connectivity index (χ4v) is 3.00. The summed E-state index contributed by atoms with van der Waals surface area (Å²) in [6.07, 6.45) is 5.43. The molecule has 100 valence electrons. The first kappa shape index (κ1) is 13.3. The lowest BCUT2D eigenvalue weighted by atomic mass is 9.81. The van der Waals surface area contributed by atoms with Gasteiger partial charge in [0.1, 0.15) is 0 Å². The maximum absolute atomic E-state index is 5.74. The van der Waals surface area contributed by atoms with Gasteiger partial charge in [-0.2, -0.15) is 0 Å². The Kier molecular flexibility index (Phi) is 4.83. The molecule has 0 aromatic heterocycles. The molecule has 0 radical (unpaired) electrons. The van der Waals surface area contributed by atoms with Crippen LogP contribution >= 0.6 is 0 Å². The van der Waals surface area contributed by atoms with Gasteiger partial charge in [-0.05, 0) is 45.2 Å². The predicted octanol–water partition coefficient (Wildman–Crippen LogP) is 1.73. The van der Waals surface area contributed by atoms with E-state index in [0.717, 1.165) is 32.2 Å². The maximum atomic E-state index is 5.74. The molecule has 0 bridgehead atoms. The fraction of sp³-hybridized carbons (Fsp3) is 1.00. The highest BCUT2D eigenvalue weighted by Crippen LogP contribution is 2.32. The summed E-state index contributed by atoms with van der Waals surface area (Å²) in [6, 6.07) is 0. The summed E-state index contributed by atoms with van der Waals surface area (Å²) in [4.78, 5) is 2.53. The van der Waals surface area contributed by atoms with Crippen molar-refractivity contribution in [1.29, 1.82) is 0 Å². The number of nitrogens with one attached hydrogen (secondary N) is 1. The minimum atomic E-state index is 0.359. The van der Waals surface area contributed by atoms with E-state index in [0.29, 0.717) is 5.41 Å². The number of hydrogen-bond donors (Lipinski definition) is 1. The Morgan fingerprint density at radius 3 is 2.82 bits per heavy atom. The van der Waals surface area contributed by atoms with Crippen molar-refractivity contribution in [3.63, 3.8) is 0 Å². The van der Waals surface area contributed by atoms with Crippen molar-refractivity contribution in [3.8, 4) is 0 Å². The molecule has 1 aliphatic carbocycles. The third-order valence-electron chi connectivity index (χ3n) is 4.03. The highest BCUT2D eigenvalue weighted by Gasteiger charge is 2.34. The molecule has 1 saturated carbocycles. The van der Waals surface area contributed by atoms with Crippen molar-refractivity contribution in [2.24, 2.45) is 11.3 Å². The summed E-state index contributed by atoms with van der Waals surface area (Å²) in [6.45, 7) is 8.73. The normalized spacial score (nSPS) is 29.8. The van der Waals surface area contributed by atoms with E-state index in [4.69, 9.17) is 4.74 Å². The van der Waals surface area contributed by atoms with E-state index >= 15 is 0 Å². The Labute approximate surface area is 106 Å². The van der Waals surface area contributed by atoms with Crippen LogP contribution in [0.1, 0.15) is 32.6 Å². The van der Waals surface area contributed by atoms with Gasteiger partial charge in [0.05, 0.1) is 6.61 Å². The number of hydrogen-bond acceptors (Lipinski definition) is 3. The molecular weight excluding hydrogens is 212 g/mol. The zero-order valence-corrected chi connectivity index (χ0v) is 11.5. The van der Waals surface area contributed by atoms with Crippen molar-refractivity contribution in [1.82, 2.24) is 10.2 Å². The van der Waals surface area contributed by atoms with Gasteiger partial charge in [0.2, 0.25) is 0 Å². The molecule has 1 saturated heterocycles. The molecule has 1 unspecified atom stereocenters. The van der Waals surface area contributed by atoms with Crippen LogP contribution in [0.5, 0.6) is 0 Å². The Bertz CT molecular complexity index is 222. The third kappa shape index (κ3) is 4.23. The van der Waals surface area contributed by atoms with Gasteiger partial charge in [0, 0.05) is 31.7 Å². The minimum Gasteiger partial charge on any atom is -0.381 e. The third-order valence-corrected chi connectivity index (χ3v) is 4.03. The molecular formula is C14H28N2O. The summed E-state index contributed by atoms with van der Waals surface area (Å²) >= 11 is 0. The summed E-state index contributed by atoms with van der Waals surface area (Å²) < 4.78 is 5.74. The van der Waals surface area contributed by atoms with E-state index in [1.807, 2.05) is 0 Å². The summed E-state index contributed by atoms with van der Waals surface area (Å²) in [5.74, 6) is 0.987. The number of ether oxygens (including phenoxy) is 1. The van der Waals surface area contributed by atoms with Crippen LogP contribution in [0.4, 0.5) is 0 Å². The molecule has 0 aromatic rings. The second-order valence-corrected chi connectivity index (χ2v) is 6.08. The van der Waals surface area contributed by atoms with Crippen LogP contribution in [0.15, 0.2) is 0 Å². The first-order valence-electron chi connectivity index (χ1n) is 7.21. The highest BCUT2D eigenvalue weighted by molar-refractivity contribution is 4.88. The van der Waals surface area contributed by atoms with Gasteiger partial charge in [0.25, 0.3) is 0 Å². The van der Waals surface area contributed by atoms with E-state index in [2.05, 4.69) is 24.2 Å². The molecule has 17 heavy (non-hydrogen) atoms. The SMILES string of the molecule is CCNCC1(CN(C)CC2CC2)CCCOC1. The van der Waals surface area contributed by atoms with Gasteiger partial charge in [0.15, 0.2) is 0 Å². The Balaban J connectivity index is 1.83. The molecule has 1 aliphatic heterocycles. The van der Waals surface area contributed by atoms with Gasteiger partial charge in [-0.15, -0.1) is 0 Å². The van der Waals surface area contributed by atoms with E-state index in [1.54, 1.807) is 0 Å². The number of rotatable bonds is 7. The first-order chi connectivity index (χ1) is 8.24. The molecule has 1 atom stereocenters. The molecule has 2 aliphatic rings. The monoisotopic (exact) mass is 240 g/mol. The second kappa shape index (κ2) is 6.17. The van der Waals surface area contributed by atoms with E-state index in [-0.39, 0.29) is 0 Å². The lowest BCUT2D eigenvalue weighted by Crippen LogP contribution is -2.48. The van der Waals surface area contributed by atoms with Gasteiger partial charge in [-0.25, -0.2) is 0 Å². The van der Waals surface area contributed by atoms with Gasteiger partial charge in [-0.3, -0.25) is 0 Å². The van der Waals surface area contributed by atoms with Crippen LogP contribution in [-0.2, 0) is 4.74 Å². The Hall–Kier alpha value is -0.120. The van der Waals surface area contributed by atoms with Gasteiger partial charge in [-0.1, -0.05) is 6.92 Å². The predicted molar refractivity (Wildman–Crippen MR) is 71.3 cm³/mol. The Morgan fingerprint density at radius 2 is 2.24 bits per heavy atom. The average Bonchev–Trinajstić information content (AvgIpc) is 3.11. The standard InChI is InChI=1S/C14H28N2O/c1-3-15-10-14(7-4-8-17-12-14)11-16(2)9-13-5-6-13/h13,15H,3-12H2,1-2H3. The molecule has 1 N–H and O–H groups in total. The molecule has 0 amide bonds. The lowest BCUT2D eigenvalue weighted by Gasteiger charge is -2.40. The van der Waals surface area contributed by atoms with Crippen molar-refractivity contribution in [3.05, 3.63) is 0 Å². The van der Waals surface area contributed by atoms with Crippen molar-refractivity contribution >= 4 is 0 Å². The van der Waals surface area contributed by atoms with E-state index in [9.17, 15) is 0 Å². The molecule has 2 rings (SSSR count). The van der Waals surface area contributed by atoms with Crippen molar-refractivity contribution in [2.45, 2.75) is 32.6 Å². The topological polar surface area (TPSA) is 24.5 Å². The van der Waals surface area contributed by atoms with Crippen LogP contribution in [0, 0.1) is 11.3 Å². The molecule has 2 fully saturated rings. The second-order valence-electron chi connectivity index (χ2n) is 6.08. The van der Waals surface area contributed by atoms with Crippen molar-refractivity contribution < 1.29 is 4.74 Å². The average molecular weight is 240 g/mol. The van der Waals surface area contributed by atoms with Crippen LogP contribution in [0.2, 0.25) is 0 Å². The molecule has 3 heteroatoms. The largest absolute Gasteiger partial charge is 0.381 e. The van der Waals surface area contributed by atoms with Crippen LogP contribution < -0.4 is 5.32 Å². The maximum Gasteiger partial charge on any atom is 0.0546 e. The lowest BCUT2D eigenvalue weighted by molar-refractivity contribution is -0.0229. The van der Waals surface area contributed by atoms with Gasteiger partial charge < -0.3 is 15.0 Å². The zero-order valence-electron chi connectivity index (χ0n) is 11.5. The van der Waals surface area contributed by atoms with Crippen LogP contribution in [0.25, 0.3) is 0 Å². The fourth-order valence-electron chi connectivity index (χ4n) is 3.00. The van der Waals surface area contributed by atoms with E-state index < -0.39 is 0 Å². The summed E-state index contributed by atoms with van der Waals surface area (Å²) in [5, 5.41) is 3.53. The molecule has 3 nitrogen and oxygen atoms in total. The Morgan fingerprint density at radius 1 is 1.41 bits per heavy atom. The summed E-state index contributed by atoms with van der Waals surface area (Å²) in [7, 11) is 2.28. The number of nitrogens with zero attached hydrogens (tertiary/aromatic N) is 1. The zero-order chi connectivity index (χ0) is 12.1. The highest BCUT2D eigenvalue weighted by atomic mass is 16.5. The molecule has 0 spiro atoms. The molecule has 1 heterocycles. The quantitative estimate of drug-likeness (QED) is 0.733. The summed E-state index contributed by atoms with van der Waals surface area (Å²) in [5.41, 5.74) is 0.359. The first-order valence-corrected chi connectivity index (χ1v) is 7.21. The minimum absolute atomic E-state index is 0.359. The van der Waals surface area contributed by atoms with Gasteiger partial charge >= 0.3 is 0 Å². The molecule has 0 aromatic carbocycles.